The minimum absolute atomic E-state index is 0.0810. The molecule has 1 amide bonds. The number of ether oxygens (including phenoxy) is 1. The summed E-state index contributed by atoms with van der Waals surface area (Å²) in [5.41, 5.74) is 2.22. The van der Waals surface area contributed by atoms with Crippen molar-refractivity contribution in [3.05, 3.63) is 52.5 Å². The number of carbonyl (C=O) groups excluding carboxylic acids is 1. The molecule has 2 rings (SSSR count). The maximum Gasteiger partial charge on any atom is 0.255 e. The van der Waals surface area contributed by atoms with Gasteiger partial charge in [-0.2, -0.15) is 0 Å². The number of phenols is 1. The molecule has 22 heavy (non-hydrogen) atoms. The molecule has 0 atom stereocenters. The lowest BCUT2D eigenvalue weighted by Crippen LogP contribution is -2.12. The Bertz CT molecular complexity index is 668. The largest absolute Gasteiger partial charge is 0.503 e. The number of anilines is 1. The predicted octanol–water partition coefficient (Wildman–Crippen LogP) is 4.26. The van der Waals surface area contributed by atoms with E-state index in [0.717, 1.165) is 6.42 Å². The Morgan fingerprint density at radius 2 is 1.91 bits per heavy atom. The number of amides is 1. The Morgan fingerprint density at radius 1 is 1.23 bits per heavy atom. The molecule has 0 saturated heterocycles. The molecule has 0 spiro atoms. The number of phenolic OH excluding ortho intramolecular Hbond substituents is 1. The van der Waals surface area contributed by atoms with Crippen molar-refractivity contribution >= 4 is 23.2 Å². The maximum absolute atomic E-state index is 12.3. The van der Waals surface area contributed by atoms with E-state index in [0.29, 0.717) is 17.9 Å². The second-order valence-electron chi connectivity index (χ2n) is 4.74. The number of benzene rings is 2. The van der Waals surface area contributed by atoms with E-state index >= 15 is 0 Å². The van der Waals surface area contributed by atoms with E-state index in [1.54, 1.807) is 6.92 Å². The SMILES string of the molecule is CCOc1cc(C(=O)Nc2ccc(CC)cc2)cc(Cl)c1O. The van der Waals surface area contributed by atoms with Crippen molar-refractivity contribution in [1.29, 1.82) is 0 Å². The molecule has 0 fully saturated rings. The summed E-state index contributed by atoms with van der Waals surface area (Å²) in [5, 5.41) is 12.7. The van der Waals surface area contributed by atoms with Crippen LogP contribution in [0.1, 0.15) is 29.8 Å². The molecule has 0 heterocycles. The third kappa shape index (κ3) is 3.71. The Hall–Kier alpha value is -2.20. The van der Waals surface area contributed by atoms with Gasteiger partial charge >= 0.3 is 0 Å². The highest BCUT2D eigenvalue weighted by Crippen LogP contribution is 2.35. The lowest BCUT2D eigenvalue weighted by Gasteiger charge is -2.11. The molecule has 0 aliphatic carbocycles. The van der Waals surface area contributed by atoms with Gasteiger partial charge in [0.2, 0.25) is 0 Å². The topological polar surface area (TPSA) is 58.6 Å². The van der Waals surface area contributed by atoms with Crippen LogP contribution in [0.5, 0.6) is 11.5 Å². The third-order valence-electron chi connectivity index (χ3n) is 3.21. The van der Waals surface area contributed by atoms with Crippen LogP contribution in [-0.4, -0.2) is 17.6 Å². The molecule has 0 unspecified atom stereocenters. The number of aryl methyl sites for hydroxylation is 1. The molecule has 2 N–H and O–H groups in total. The molecule has 0 radical (unpaired) electrons. The monoisotopic (exact) mass is 319 g/mol. The fourth-order valence-corrected chi connectivity index (χ4v) is 2.21. The first kappa shape index (κ1) is 16.2. The summed E-state index contributed by atoms with van der Waals surface area (Å²) in [7, 11) is 0. The van der Waals surface area contributed by atoms with Crippen LogP contribution in [0.3, 0.4) is 0 Å². The summed E-state index contributed by atoms with van der Waals surface area (Å²) in [6, 6.07) is 10.5. The second-order valence-corrected chi connectivity index (χ2v) is 5.15. The molecular weight excluding hydrogens is 302 g/mol. The first-order chi connectivity index (χ1) is 10.5. The molecule has 2 aromatic rings. The molecule has 0 bridgehead atoms. The molecule has 116 valence electrons. The minimum atomic E-state index is -0.313. The Kier molecular flexibility index (Phi) is 5.28. The Balaban J connectivity index is 2.21. The quantitative estimate of drug-likeness (QED) is 0.865. The fraction of sp³-hybridized carbons (Fsp3) is 0.235. The molecular formula is C17H18ClNO3. The normalized spacial score (nSPS) is 10.3. The average Bonchev–Trinajstić information content (AvgIpc) is 2.52. The highest BCUT2D eigenvalue weighted by Gasteiger charge is 2.14. The van der Waals surface area contributed by atoms with Crippen LogP contribution in [0.25, 0.3) is 0 Å². The second kappa shape index (κ2) is 7.18. The maximum atomic E-state index is 12.3. The molecule has 0 saturated carbocycles. The zero-order valence-corrected chi connectivity index (χ0v) is 13.3. The zero-order chi connectivity index (χ0) is 16.1. The van der Waals surface area contributed by atoms with Crippen LogP contribution in [-0.2, 0) is 6.42 Å². The summed E-state index contributed by atoms with van der Waals surface area (Å²) in [6.07, 6.45) is 0.944. The number of nitrogens with one attached hydrogen (secondary N) is 1. The smallest absolute Gasteiger partial charge is 0.255 e. The van der Waals surface area contributed by atoms with Crippen LogP contribution in [0, 0.1) is 0 Å². The number of aromatic hydroxyl groups is 1. The molecule has 0 aliphatic rings. The highest BCUT2D eigenvalue weighted by atomic mass is 35.5. The van der Waals surface area contributed by atoms with Crippen molar-refractivity contribution in [2.75, 3.05) is 11.9 Å². The molecule has 2 aromatic carbocycles. The van der Waals surface area contributed by atoms with Gasteiger partial charge in [-0.1, -0.05) is 30.7 Å². The van der Waals surface area contributed by atoms with Gasteiger partial charge in [-0.05, 0) is 43.2 Å². The first-order valence-corrected chi connectivity index (χ1v) is 7.48. The number of halogens is 1. The van der Waals surface area contributed by atoms with Gasteiger partial charge < -0.3 is 15.2 Å². The van der Waals surface area contributed by atoms with Crippen LogP contribution in [0.2, 0.25) is 5.02 Å². The van der Waals surface area contributed by atoms with Gasteiger partial charge in [0.25, 0.3) is 5.91 Å². The molecule has 5 heteroatoms. The van der Waals surface area contributed by atoms with Crippen molar-refractivity contribution in [1.82, 2.24) is 0 Å². The van der Waals surface area contributed by atoms with Crippen molar-refractivity contribution in [3.63, 3.8) is 0 Å². The summed E-state index contributed by atoms with van der Waals surface area (Å²) < 4.78 is 5.27. The van der Waals surface area contributed by atoms with Crippen LogP contribution < -0.4 is 10.1 Å². The van der Waals surface area contributed by atoms with E-state index in [1.807, 2.05) is 24.3 Å². The first-order valence-electron chi connectivity index (χ1n) is 7.10. The van der Waals surface area contributed by atoms with E-state index < -0.39 is 0 Å². The summed E-state index contributed by atoms with van der Waals surface area (Å²) in [4.78, 5) is 12.3. The molecule has 0 aromatic heterocycles. The number of hydrogen-bond acceptors (Lipinski definition) is 3. The van der Waals surface area contributed by atoms with Gasteiger partial charge in [-0.25, -0.2) is 0 Å². The summed E-state index contributed by atoms with van der Waals surface area (Å²) >= 11 is 5.93. The number of carbonyl (C=O) groups is 1. The molecule has 4 nitrogen and oxygen atoms in total. The van der Waals surface area contributed by atoms with Crippen molar-refractivity contribution in [2.45, 2.75) is 20.3 Å². The van der Waals surface area contributed by atoms with Crippen LogP contribution in [0.4, 0.5) is 5.69 Å². The van der Waals surface area contributed by atoms with Crippen LogP contribution >= 0.6 is 11.6 Å². The number of rotatable bonds is 5. The van der Waals surface area contributed by atoms with Gasteiger partial charge in [0.1, 0.15) is 0 Å². The van der Waals surface area contributed by atoms with Gasteiger partial charge in [0, 0.05) is 11.3 Å². The summed E-state index contributed by atoms with van der Waals surface area (Å²) in [6.45, 7) is 4.23. The fourth-order valence-electron chi connectivity index (χ4n) is 2.00. The third-order valence-corrected chi connectivity index (χ3v) is 3.50. The predicted molar refractivity (Wildman–Crippen MR) is 88.1 cm³/mol. The lowest BCUT2D eigenvalue weighted by molar-refractivity contribution is 0.102. The molecule has 0 aliphatic heterocycles. The van der Waals surface area contributed by atoms with Gasteiger partial charge in [-0.15, -0.1) is 0 Å². The zero-order valence-electron chi connectivity index (χ0n) is 12.5. The van der Waals surface area contributed by atoms with E-state index in [9.17, 15) is 9.90 Å². The van der Waals surface area contributed by atoms with E-state index in [2.05, 4.69) is 12.2 Å². The minimum Gasteiger partial charge on any atom is -0.503 e. The average molecular weight is 320 g/mol. The Morgan fingerprint density at radius 3 is 2.50 bits per heavy atom. The van der Waals surface area contributed by atoms with E-state index in [1.165, 1.54) is 17.7 Å². The van der Waals surface area contributed by atoms with Gasteiger partial charge in [-0.3, -0.25) is 4.79 Å². The van der Waals surface area contributed by atoms with Gasteiger partial charge in [0.05, 0.1) is 11.6 Å². The summed E-state index contributed by atoms with van der Waals surface area (Å²) in [5.74, 6) is -0.277. The van der Waals surface area contributed by atoms with E-state index in [-0.39, 0.29) is 22.4 Å². The van der Waals surface area contributed by atoms with Crippen molar-refractivity contribution in [2.24, 2.45) is 0 Å². The van der Waals surface area contributed by atoms with Crippen molar-refractivity contribution < 1.29 is 14.6 Å². The number of hydrogen-bond donors (Lipinski definition) is 2. The highest BCUT2D eigenvalue weighted by molar-refractivity contribution is 6.32. The Labute approximate surface area is 134 Å². The van der Waals surface area contributed by atoms with E-state index in [4.69, 9.17) is 16.3 Å². The van der Waals surface area contributed by atoms with Gasteiger partial charge in [0.15, 0.2) is 11.5 Å². The standard InChI is InChI=1S/C17H18ClNO3/c1-3-11-5-7-13(8-6-11)19-17(21)12-9-14(18)16(20)15(10-12)22-4-2/h5-10,20H,3-4H2,1-2H3,(H,19,21). The van der Waals surface area contributed by atoms with Crippen LogP contribution in [0.15, 0.2) is 36.4 Å². The van der Waals surface area contributed by atoms with Crippen molar-refractivity contribution in [3.8, 4) is 11.5 Å². The lowest BCUT2D eigenvalue weighted by atomic mass is 10.1.